The molecule has 4 N–H and O–H groups in total. The van der Waals surface area contributed by atoms with Crippen LogP contribution in [0, 0.1) is 0 Å². The van der Waals surface area contributed by atoms with E-state index >= 15 is 0 Å². The van der Waals surface area contributed by atoms with E-state index in [1.165, 1.54) is 10.9 Å². The lowest BCUT2D eigenvalue weighted by Crippen LogP contribution is -2.50. The highest BCUT2D eigenvalue weighted by atomic mass is 16.7. The molecule has 2 aromatic carbocycles. The molecule has 9 heteroatoms. The standard InChI is InChI=1S/C25H28N6O3/c1-3-27-23(32)21-16-28-25(31(22(21)26)34-14-12-17-7-5-4-6-8-17)29-19-9-10-20-18(15-19)11-13-30(2)24(20)33/h4-10,15-16H,3,11-14H2,1-2H3,(H3,26,27,28,29,32,33)/p+1. The Hall–Kier alpha value is -4.14. The number of carbonyl (C=O) groups excluding carboxylic acids is 2. The second-order valence-electron chi connectivity index (χ2n) is 8.08. The predicted molar refractivity (Wildman–Crippen MR) is 129 cm³/mol. The number of nitrogens with zero attached hydrogens (tertiary/aromatic N) is 3. The van der Waals surface area contributed by atoms with E-state index in [2.05, 4.69) is 15.6 Å². The summed E-state index contributed by atoms with van der Waals surface area (Å²) in [4.78, 5) is 36.9. The smallest absolute Gasteiger partial charge is 0.367 e. The number of rotatable bonds is 8. The lowest BCUT2D eigenvalue weighted by molar-refractivity contribution is -0.870. The number of hydrogen-bond acceptors (Lipinski definition) is 6. The van der Waals surface area contributed by atoms with E-state index in [-0.39, 0.29) is 23.2 Å². The molecule has 0 atom stereocenters. The average Bonchev–Trinajstić information content (AvgIpc) is 2.84. The molecule has 0 radical (unpaired) electrons. The Labute approximate surface area is 198 Å². The third-order valence-electron chi connectivity index (χ3n) is 5.69. The van der Waals surface area contributed by atoms with Crippen LogP contribution in [-0.2, 0) is 12.8 Å². The SMILES string of the molecule is CCNC(=O)c1cnc(Nc2ccc3c(c2)CCN(C)C3=O)[n+](OCCc2ccccc2)c1N. The maximum absolute atomic E-state index is 12.4. The monoisotopic (exact) mass is 461 g/mol. The van der Waals surface area contributed by atoms with Crippen LogP contribution in [0.15, 0.2) is 54.7 Å². The van der Waals surface area contributed by atoms with Crippen molar-refractivity contribution >= 4 is 29.3 Å². The van der Waals surface area contributed by atoms with E-state index in [9.17, 15) is 9.59 Å². The van der Waals surface area contributed by atoms with E-state index in [1.54, 1.807) is 11.9 Å². The molecule has 3 aromatic rings. The Morgan fingerprint density at radius 2 is 2.03 bits per heavy atom. The topological polar surface area (TPSA) is 113 Å². The molecule has 176 valence electrons. The fourth-order valence-corrected chi connectivity index (χ4v) is 3.82. The zero-order valence-electron chi connectivity index (χ0n) is 19.4. The minimum Gasteiger partial charge on any atom is -0.367 e. The molecule has 0 bridgehead atoms. The second-order valence-corrected chi connectivity index (χ2v) is 8.08. The molecule has 0 aliphatic carbocycles. The van der Waals surface area contributed by atoms with Crippen LogP contribution in [0.5, 0.6) is 0 Å². The first-order valence-corrected chi connectivity index (χ1v) is 11.3. The number of likely N-dealkylation sites (N-methyl/N-ethyl adjacent to an activating group) is 1. The van der Waals surface area contributed by atoms with Gasteiger partial charge in [-0.05, 0) is 47.4 Å². The molecule has 0 spiro atoms. The third-order valence-corrected chi connectivity index (χ3v) is 5.69. The highest BCUT2D eigenvalue weighted by Gasteiger charge is 2.25. The molecule has 1 aliphatic heterocycles. The summed E-state index contributed by atoms with van der Waals surface area (Å²) in [6, 6.07) is 15.5. The van der Waals surface area contributed by atoms with Crippen molar-refractivity contribution in [3.8, 4) is 0 Å². The number of fused-ring (bicyclic) bond motifs is 1. The van der Waals surface area contributed by atoms with Gasteiger partial charge in [0.25, 0.3) is 11.8 Å². The summed E-state index contributed by atoms with van der Waals surface area (Å²) in [5.74, 6) is 0.167. The van der Waals surface area contributed by atoms with Gasteiger partial charge in [-0.2, -0.15) is 0 Å². The summed E-state index contributed by atoms with van der Waals surface area (Å²) >= 11 is 0. The molecular weight excluding hydrogens is 432 g/mol. The van der Waals surface area contributed by atoms with Crippen LogP contribution in [0.25, 0.3) is 0 Å². The van der Waals surface area contributed by atoms with Gasteiger partial charge in [0.1, 0.15) is 18.4 Å². The number of amides is 2. The van der Waals surface area contributed by atoms with E-state index in [1.807, 2.05) is 55.5 Å². The van der Waals surface area contributed by atoms with Gasteiger partial charge in [-0.15, -0.1) is 4.98 Å². The minimum absolute atomic E-state index is 0.0146. The molecule has 4 rings (SSSR count). The van der Waals surface area contributed by atoms with Crippen molar-refractivity contribution < 1.29 is 19.2 Å². The molecule has 2 heterocycles. The fraction of sp³-hybridized carbons (Fsp3) is 0.280. The number of nitrogens with two attached hydrogens (primary N) is 1. The summed E-state index contributed by atoms with van der Waals surface area (Å²) in [5.41, 5.74) is 10.1. The molecule has 2 amide bonds. The van der Waals surface area contributed by atoms with Gasteiger partial charge >= 0.3 is 5.95 Å². The van der Waals surface area contributed by atoms with Gasteiger partial charge in [-0.3, -0.25) is 14.9 Å². The van der Waals surface area contributed by atoms with Crippen molar-refractivity contribution in [2.24, 2.45) is 0 Å². The molecule has 1 aromatic heterocycles. The first-order valence-electron chi connectivity index (χ1n) is 11.3. The first-order chi connectivity index (χ1) is 16.5. The van der Waals surface area contributed by atoms with E-state index in [4.69, 9.17) is 10.6 Å². The number of aromatic nitrogens is 2. The van der Waals surface area contributed by atoms with Crippen molar-refractivity contribution in [2.75, 3.05) is 37.8 Å². The van der Waals surface area contributed by atoms with Crippen LogP contribution in [0.4, 0.5) is 17.5 Å². The Bertz CT molecular complexity index is 1200. The van der Waals surface area contributed by atoms with Crippen LogP contribution in [0.2, 0.25) is 0 Å². The third kappa shape index (κ3) is 4.93. The molecule has 0 saturated carbocycles. The van der Waals surface area contributed by atoms with Crippen LogP contribution in [0.3, 0.4) is 0 Å². The largest absolute Gasteiger partial charge is 0.388 e. The number of hydrogen-bond donors (Lipinski definition) is 3. The minimum atomic E-state index is -0.323. The Balaban J connectivity index is 1.61. The zero-order chi connectivity index (χ0) is 24.1. The Morgan fingerprint density at radius 3 is 2.79 bits per heavy atom. The summed E-state index contributed by atoms with van der Waals surface area (Å²) in [6.45, 7) is 3.31. The van der Waals surface area contributed by atoms with Crippen LogP contribution in [-0.4, -0.2) is 48.4 Å². The van der Waals surface area contributed by atoms with Crippen molar-refractivity contribution in [2.45, 2.75) is 19.8 Å². The maximum atomic E-state index is 12.4. The molecular formula is C25H29N6O3+. The lowest BCUT2D eigenvalue weighted by atomic mass is 9.99. The lowest BCUT2D eigenvalue weighted by Gasteiger charge is -2.24. The highest BCUT2D eigenvalue weighted by Crippen LogP contribution is 2.23. The average molecular weight is 462 g/mol. The number of benzene rings is 2. The van der Waals surface area contributed by atoms with Crippen molar-refractivity contribution in [3.63, 3.8) is 0 Å². The normalized spacial score (nSPS) is 12.8. The van der Waals surface area contributed by atoms with Crippen LogP contribution < -0.4 is 25.9 Å². The van der Waals surface area contributed by atoms with Gasteiger partial charge in [0.05, 0.1) is 5.69 Å². The molecule has 0 fully saturated rings. The number of anilines is 3. The van der Waals surface area contributed by atoms with Crippen molar-refractivity contribution in [1.29, 1.82) is 0 Å². The van der Waals surface area contributed by atoms with Crippen molar-refractivity contribution in [1.82, 2.24) is 15.2 Å². The summed E-state index contributed by atoms with van der Waals surface area (Å²) < 4.78 is 1.35. The number of nitrogen functional groups attached to an aromatic ring is 1. The quantitative estimate of drug-likeness (QED) is 0.441. The van der Waals surface area contributed by atoms with Crippen LogP contribution in [0.1, 0.15) is 38.8 Å². The van der Waals surface area contributed by atoms with E-state index < -0.39 is 0 Å². The van der Waals surface area contributed by atoms with Gasteiger partial charge in [0.15, 0.2) is 0 Å². The van der Waals surface area contributed by atoms with Gasteiger partial charge < -0.3 is 20.8 Å². The Morgan fingerprint density at radius 1 is 1.24 bits per heavy atom. The number of nitrogens with one attached hydrogen (secondary N) is 2. The maximum Gasteiger partial charge on any atom is 0.388 e. The molecule has 1 aliphatic rings. The van der Waals surface area contributed by atoms with E-state index in [0.29, 0.717) is 37.6 Å². The molecule has 0 unspecified atom stereocenters. The van der Waals surface area contributed by atoms with Crippen molar-refractivity contribution in [3.05, 3.63) is 77.0 Å². The second kappa shape index (κ2) is 10.2. The molecule has 34 heavy (non-hydrogen) atoms. The van der Waals surface area contributed by atoms with Gasteiger partial charge in [0, 0.05) is 32.1 Å². The van der Waals surface area contributed by atoms with E-state index in [0.717, 1.165) is 23.2 Å². The van der Waals surface area contributed by atoms with Crippen LogP contribution >= 0.6 is 0 Å². The Kier molecular flexibility index (Phi) is 6.91. The summed E-state index contributed by atoms with van der Waals surface area (Å²) in [7, 11) is 1.80. The highest BCUT2D eigenvalue weighted by molar-refractivity contribution is 5.98. The summed E-state index contributed by atoms with van der Waals surface area (Å²) in [6.07, 6.45) is 2.86. The summed E-state index contributed by atoms with van der Waals surface area (Å²) in [5, 5.41) is 5.97. The van der Waals surface area contributed by atoms with Gasteiger partial charge in [0.2, 0.25) is 5.82 Å². The van der Waals surface area contributed by atoms with Gasteiger partial charge in [-0.25, -0.2) is 0 Å². The first kappa shape index (κ1) is 23.0. The fourth-order valence-electron chi connectivity index (χ4n) is 3.82. The zero-order valence-corrected chi connectivity index (χ0v) is 19.4. The molecule has 0 saturated heterocycles. The molecule has 9 nitrogen and oxygen atoms in total. The predicted octanol–water partition coefficient (Wildman–Crippen LogP) is 1.74. The van der Waals surface area contributed by atoms with Gasteiger partial charge in [-0.1, -0.05) is 30.3 Å². The number of carbonyl (C=O) groups is 2.